The molecule has 0 amide bonds. The van der Waals surface area contributed by atoms with E-state index in [1.165, 1.54) is 18.2 Å². The van der Waals surface area contributed by atoms with Crippen LogP contribution in [0, 0.1) is 5.82 Å². The molecule has 3 nitrogen and oxygen atoms in total. The summed E-state index contributed by atoms with van der Waals surface area (Å²) in [4.78, 5) is 11.3. The molecule has 5 heteroatoms. The Morgan fingerprint density at radius 3 is 2.69 bits per heavy atom. The summed E-state index contributed by atoms with van der Waals surface area (Å²) in [5, 5.41) is 9.51. The molecule has 0 spiro atoms. The van der Waals surface area contributed by atoms with E-state index in [1.807, 2.05) is 0 Å². The fourth-order valence-corrected chi connectivity index (χ4v) is 2.51. The first-order valence-corrected chi connectivity index (χ1v) is 5.28. The van der Waals surface area contributed by atoms with Gasteiger partial charge >= 0.3 is 5.97 Å². The van der Waals surface area contributed by atoms with Crippen molar-refractivity contribution >= 4 is 17.6 Å². The van der Waals surface area contributed by atoms with E-state index in [0.717, 1.165) is 0 Å². The molecule has 1 aromatic carbocycles. The Morgan fingerprint density at radius 1 is 1.56 bits per heavy atom. The van der Waals surface area contributed by atoms with Crippen LogP contribution in [0.25, 0.3) is 0 Å². The molecule has 0 saturated heterocycles. The summed E-state index contributed by atoms with van der Waals surface area (Å²) in [5.74, 6) is -1.48. The van der Waals surface area contributed by atoms with Crippen molar-refractivity contribution in [1.82, 2.24) is 0 Å². The minimum absolute atomic E-state index is 0.157. The molecule has 86 valence electrons. The van der Waals surface area contributed by atoms with E-state index in [-0.39, 0.29) is 11.1 Å². The Hall–Kier alpha value is -1.13. The molecule has 0 unspecified atom stereocenters. The minimum atomic E-state index is -1.11. The number of rotatable bonds is 2. The molecule has 0 aromatic heterocycles. The van der Waals surface area contributed by atoms with Crippen LogP contribution >= 0.6 is 11.6 Å². The molecule has 0 radical (unpaired) electrons. The first-order valence-electron chi connectivity index (χ1n) is 4.90. The smallest absolute Gasteiger partial charge is 0.314 e. The summed E-state index contributed by atoms with van der Waals surface area (Å²) in [6.45, 7) is 0. The maximum absolute atomic E-state index is 13.1. The second-order valence-corrected chi connectivity index (χ2v) is 4.59. The third-order valence-corrected chi connectivity index (χ3v) is 3.40. The number of carboxylic acid groups (broad SMARTS) is 1. The lowest BCUT2D eigenvalue weighted by Crippen LogP contribution is -2.54. The second kappa shape index (κ2) is 3.71. The quantitative estimate of drug-likeness (QED) is 0.834. The number of hydrogen-bond donors (Lipinski definition) is 2. The average molecular weight is 244 g/mol. The molecular formula is C11H11ClFNO2. The monoisotopic (exact) mass is 243 g/mol. The zero-order valence-electron chi connectivity index (χ0n) is 8.41. The lowest BCUT2D eigenvalue weighted by atomic mass is 9.62. The number of nitrogens with two attached hydrogens (primary N) is 1. The van der Waals surface area contributed by atoms with Crippen LogP contribution in [-0.2, 0) is 10.2 Å². The van der Waals surface area contributed by atoms with Gasteiger partial charge in [-0.15, -0.1) is 0 Å². The highest BCUT2D eigenvalue weighted by molar-refractivity contribution is 6.31. The van der Waals surface area contributed by atoms with Crippen LogP contribution in [0.2, 0.25) is 5.02 Å². The van der Waals surface area contributed by atoms with Crippen molar-refractivity contribution < 1.29 is 14.3 Å². The van der Waals surface area contributed by atoms with Gasteiger partial charge in [-0.2, -0.15) is 0 Å². The van der Waals surface area contributed by atoms with Gasteiger partial charge in [-0.25, -0.2) is 4.39 Å². The molecule has 1 aromatic rings. The third-order valence-electron chi connectivity index (χ3n) is 3.07. The molecule has 16 heavy (non-hydrogen) atoms. The van der Waals surface area contributed by atoms with Gasteiger partial charge in [0.25, 0.3) is 0 Å². The topological polar surface area (TPSA) is 63.3 Å². The summed E-state index contributed by atoms with van der Waals surface area (Å²) in [7, 11) is 0. The van der Waals surface area contributed by atoms with Gasteiger partial charge in [0.2, 0.25) is 0 Å². The Balaban J connectivity index is 2.48. The van der Waals surface area contributed by atoms with E-state index in [0.29, 0.717) is 18.4 Å². The fraction of sp³-hybridized carbons (Fsp3) is 0.364. The van der Waals surface area contributed by atoms with Crippen molar-refractivity contribution in [2.45, 2.75) is 24.3 Å². The largest absolute Gasteiger partial charge is 0.481 e. The van der Waals surface area contributed by atoms with Gasteiger partial charge in [0.15, 0.2) is 0 Å². The maximum atomic E-state index is 13.1. The molecule has 0 atom stereocenters. The standard InChI is InChI=1S/C11H11ClFNO2/c12-9-2-1-6(13)3-8(9)11(10(15)16)4-7(14)5-11/h1-3,7H,4-5,14H2,(H,15,16). The number of benzene rings is 1. The van der Waals surface area contributed by atoms with Crippen molar-refractivity contribution in [1.29, 1.82) is 0 Å². The van der Waals surface area contributed by atoms with Crippen molar-refractivity contribution in [3.05, 3.63) is 34.6 Å². The van der Waals surface area contributed by atoms with Gasteiger partial charge in [0, 0.05) is 11.1 Å². The van der Waals surface area contributed by atoms with Crippen LogP contribution in [0.4, 0.5) is 4.39 Å². The van der Waals surface area contributed by atoms with Gasteiger partial charge < -0.3 is 10.8 Å². The lowest BCUT2D eigenvalue weighted by Gasteiger charge is -2.43. The summed E-state index contributed by atoms with van der Waals surface area (Å²) >= 11 is 5.91. The highest BCUT2D eigenvalue weighted by Crippen LogP contribution is 2.46. The Bertz CT molecular complexity index is 444. The van der Waals surface area contributed by atoms with Crippen molar-refractivity contribution in [2.75, 3.05) is 0 Å². The summed E-state index contributed by atoms with van der Waals surface area (Å²) in [6.07, 6.45) is 0.594. The molecule has 1 saturated carbocycles. The molecule has 2 rings (SSSR count). The molecule has 1 fully saturated rings. The number of carboxylic acids is 1. The van der Waals surface area contributed by atoms with Crippen LogP contribution in [0.5, 0.6) is 0 Å². The molecule has 1 aliphatic rings. The van der Waals surface area contributed by atoms with Gasteiger partial charge in [0.1, 0.15) is 5.82 Å². The Morgan fingerprint density at radius 2 is 2.19 bits per heavy atom. The lowest BCUT2D eigenvalue weighted by molar-refractivity contribution is -0.148. The Labute approximate surface area is 97.0 Å². The van der Waals surface area contributed by atoms with Gasteiger partial charge in [0.05, 0.1) is 5.41 Å². The van der Waals surface area contributed by atoms with Crippen LogP contribution in [0.1, 0.15) is 18.4 Å². The summed E-state index contributed by atoms with van der Waals surface area (Å²) in [5.41, 5.74) is 4.83. The normalized spacial score (nSPS) is 28.6. The van der Waals surface area contributed by atoms with Crippen LogP contribution in [-0.4, -0.2) is 17.1 Å². The zero-order chi connectivity index (χ0) is 11.9. The number of aliphatic carboxylic acids is 1. The predicted octanol–water partition coefficient (Wildman–Crippen LogP) is 1.92. The second-order valence-electron chi connectivity index (χ2n) is 4.18. The summed E-state index contributed by atoms with van der Waals surface area (Å²) in [6, 6.07) is 3.61. The van der Waals surface area contributed by atoms with E-state index in [2.05, 4.69) is 0 Å². The molecular weight excluding hydrogens is 233 g/mol. The van der Waals surface area contributed by atoms with Crippen LogP contribution in [0.3, 0.4) is 0 Å². The van der Waals surface area contributed by atoms with Crippen LogP contribution < -0.4 is 5.73 Å². The first-order chi connectivity index (χ1) is 7.45. The number of carbonyl (C=O) groups is 1. The van der Waals surface area contributed by atoms with Gasteiger partial charge in [-0.1, -0.05) is 11.6 Å². The van der Waals surface area contributed by atoms with Crippen molar-refractivity contribution in [2.24, 2.45) is 5.73 Å². The molecule has 0 heterocycles. The summed E-state index contributed by atoms with van der Waals surface area (Å²) < 4.78 is 13.1. The SMILES string of the molecule is NC1CC(C(=O)O)(c2cc(F)ccc2Cl)C1. The van der Waals surface area contributed by atoms with Gasteiger partial charge in [-0.05, 0) is 36.6 Å². The predicted molar refractivity (Wildman–Crippen MR) is 57.9 cm³/mol. The van der Waals surface area contributed by atoms with Crippen molar-refractivity contribution in [3.8, 4) is 0 Å². The van der Waals surface area contributed by atoms with E-state index in [1.54, 1.807) is 0 Å². The highest BCUT2D eigenvalue weighted by Gasteiger charge is 2.51. The molecule has 3 N–H and O–H groups in total. The molecule has 0 aliphatic heterocycles. The zero-order valence-corrected chi connectivity index (χ0v) is 9.17. The van der Waals surface area contributed by atoms with Crippen LogP contribution in [0.15, 0.2) is 18.2 Å². The number of hydrogen-bond acceptors (Lipinski definition) is 2. The van der Waals surface area contributed by atoms with E-state index < -0.39 is 17.2 Å². The third kappa shape index (κ3) is 1.58. The van der Waals surface area contributed by atoms with E-state index in [4.69, 9.17) is 17.3 Å². The molecule has 0 bridgehead atoms. The Kier molecular flexibility index (Phi) is 2.64. The van der Waals surface area contributed by atoms with Gasteiger partial charge in [-0.3, -0.25) is 4.79 Å². The number of halogens is 2. The van der Waals surface area contributed by atoms with Crippen molar-refractivity contribution in [3.63, 3.8) is 0 Å². The average Bonchev–Trinajstić information content (AvgIpc) is 2.16. The van der Waals surface area contributed by atoms with E-state index in [9.17, 15) is 14.3 Å². The minimum Gasteiger partial charge on any atom is -0.481 e. The fourth-order valence-electron chi connectivity index (χ4n) is 2.21. The maximum Gasteiger partial charge on any atom is 0.314 e. The van der Waals surface area contributed by atoms with E-state index >= 15 is 0 Å². The molecule has 1 aliphatic carbocycles. The highest BCUT2D eigenvalue weighted by atomic mass is 35.5. The first kappa shape index (κ1) is 11.4.